The molecule has 20 heavy (non-hydrogen) atoms. The molecule has 0 radical (unpaired) electrons. The van der Waals surface area contributed by atoms with Crippen LogP contribution in [0.4, 0.5) is 0 Å². The highest BCUT2D eigenvalue weighted by Crippen LogP contribution is 2.23. The summed E-state index contributed by atoms with van der Waals surface area (Å²) in [6.07, 6.45) is 3.31. The average molecular weight is 269 g/mol. The smallest absolute Gasteiger partial charge is 0.258 e. The molecule has 0 saturated carbocycles. The summed E-state index contributed by atoms with van der Waals surface area (Å²) in [6.45, 7) is 4.04. The topological polar surface area (TPSA) is 90.7 Å². The number of nitrogens with zero attached hydrogens (tertiary/aromatic N) is 4. The molecule has 1 atom stereocenters. The normalized spacial score (nSPS) is 13.0. The Morgan fingerprint density at radius 3 is 2.60 bits per heavy atom. The van der Waals surface area contributed by atoms with E-state index in [1.807, 2.05) is 32.0 Å². The van der Waals surface area contributed by atoms with Crippen molar-refractivity contribution in [2.45, 2.75) is 19.9 Å². The van der Waals surface area contributed by atoms with Gasteiger partial charge in [0.25, 0.3) is 5.89 Å². The van der Waals surface area contributed by atoms with Crippen molar-refractivity contribution < 1.29 is 4.52 Å². The van der Waals surface area contributed by atoms with E-state index in [1.165, 1.54) is 0 Å². The Labute approximate surface area is 116 Å². The minimum absolute atomic E-state index is 0.229. The van der Waals surface area contributed by atoms with E-state index in [4.69, 9.17) is 10.3 Å². The van der Waals surface area contributed by atoms with Crippen molar-refractivity contribution in [3.05, 3.63) is 36.4 Å². The zero-order valence-electron chi connectivity index (χ0n) is 11.3. The molecule has 102 valence electrons. The maximum absolute atomic E-state index is 6.01. The Hall–Kier alpha value is -2.34. The number of aromatic nitrogens is 4. The summed E-state index contributed by atoms with van der Waals surface area (Å²) in [7, 11) is 0. The standard InChI is InChI=1S/C14H15N5O/c1-8(2)12(15)13-18-14(20-19-13)9-3-4-10-11(7-9)17-6-5-16-10/h3-8,12H,15H2,1-2H3. The Balaban J connectivity index is 1.99. The average Bonchev–Trinajstić information content (AvgIpc) is 2.95. The highest BCUT2D eigenvalue weighted by molar-refractivity contribution is 5.79. The second kappa shape index (κ2) is 4.97. The fraction of sp³-hybridized carbons (Fsp3) is 0.286. The second-order valence-electron chi connectivity index (χ2n) is 4.99. The van der Waals surface area contributed by atoms with E-state index in [9.17, 15) is 0 Å². The molecule has 0 aliphatic carbocycles. The minimum atomic E-state index is -0.229. The van der Waals surface area contributed by atoms with Crippen molar-refractivity contribution in [2.75, 3.05) is 0 Å². The number of nitrogens with two attached hydrogens (primary N) is 1. The second-order valence-corrected chi connectivity index (χ2v) is 4.99. The number of hydrogen-bond donors (Lipinski definition) is 1. The lowest BCUT2D eigenvalue weighted by Crippen LogP contribution is -2.18. The molecule has 1 aromatic carbocycles. The minimum Gasteiger partial charge on any atom is -0.334 e. The summed E-state index contributed by atoms with van der Waals surface area (Å²) >= 11 is 0. The molecule has 2 aromatic heterocycles. The van der Waals surface area contributed by atoms with Gasteiger partial charge in [0.1, 0.15) is 0 Å². The highest BCUT2D eigenvalue weighted by Gasteiger charge is 2.18. The molecule has 0 aliphatic rings. The van der Waals surface area contributed by atoms with Crippen LogP contribution in [0, 0.1) is 5.92 Å². The van der Waals surface area contributed by atoms with Gasteiger partial charge in [0.2, 0.25) is 0 Å². The van der Waals surface area contributed by atoms with E-state index in [1.54, 1.807) is 12.4 Å². The van der Waals surface area contributed by atoms with Gasteiger partial charge in [-0.05, 0) is 24.1 Å². The SMILES string of the molecule is CC(C)C(N)c1noc(-c2ccc3nccnc3c2)n1. The lowest BCUT2D eigenvalue weighted by Gasteiger charge is -2.09. The Kier molecular flexibility index (Phi) is 3.15. The summed E-state index contributed by atoms with van der Waals surface area (Å²) < 4.78 is 5.28. The van der Waals surface area contributed by atoms with Crippen LogP contribution in [0.2, 0.25) is 0 Å². The molecule has 0 amide bonds. The van der Waals surface area contributed by atoms with Gasteiger partial charge in [0.15, 0.2) is 5.82 Å². The van der Waals surface area contributed by atoms with Gasteiger partial charge in [-0.25, -0.2) is 0 Å². The molecule has 0 aliphatic heterocycles. The Morgan fingerprint density at radius 1 is 1.10 bits per heavy atom. The first-order chi connectivity index (χ1) is 9.65. The molecule has 2 N–H and O–H groups in total. The van der Waals surface area contributed by atoms with Gasteiger partial charge in [0, 0.05) is 18.0 Å². The highest BCUT2D eigenvalue weighted by atomic mass is 16.5. The molecule has 0 bridgehead atoms. The molecule has 0 saturated heterocycles. The third-order valence-corrected chi connectivity index (χ3v) is 3.17. The fourth-order valence-corrected chi connectivity index (χ4v) is 1.88. The maximum Gasteiger partial charge on any atom is 0.258 e. The van der Waals surface area contributed by atoms with Gasteiger partial charge in [-0.1, -0.05) is 19.0 Å². The predicted octanol–water partition coefficient (Wildman–Crippen LogP) is 2.34. The van der Waals surface area contributed by atoms with Crippen LogP contribution in [0.3, 0.4) is 0 Å². The van der Waals surface area contributed by atoms with E-state index < -0.39 is 0 Å². The van der Waals surface area contributed by atoms with Crippen LogP contribution < -0.4 is 5.73 Å². The predicted molar refractivity (Wildman–Crippen MR) is 74.6 cm³/mol. The summed E-state index contributed by atoms with van der Waals surface area (Å²) in [4.78, 5) is 12.8. The first-order valence-electron chi connectivity index (χ1n) is 6.45. The van der Waals surface area contributed by atoms with Gasteiger partial charge >= 0.3 is 0 Å². The largest absolute Gasteiger partial charge is 0.334 e. The molecule has 1 unspecified atom stereocenters. The molecular formula is C14H15N5O. The summed E-state index contributed by atoms with van der Waals surface area (Å²) in [5.41, 5.74) is 8.44. The van der Waals surface area contributed by atoms with Crippen LogP contribution >= 0.6 is 0 Å². The first kappa shape index (κ1) is 12.7. The van der Waals surface area contributed by atoms with Crippen LogP contribution in [0.15, 0.2) is 35.1 Å². The van der Waals surface area contributed by atoms with Crippen molar-refractivity contribution in [3.63, 3.8) is 0 Å². The Morgan fingerprint density at radius 2 is 1.85 bits per heavy atom. The van der Waals surface area contributed by atoms with Crippen molar-refractivity contribution in [1.29, 1.82) is 0 Å². The molecule has 6 nitrogen and oxygen atoms in total. The number of hydrogen-bond acceptors (Lipinski definition) is 6. The molecule has 2 heterocycles. The molecule has 3 rings (SSSR count). The molecular weight excluding hydrogens is 254 g/mol. The number of rotatable bonds is 3. The maximum atomic E-state index is 6.01. The van der Waals surface area contributed by atoms with Crippen molar-refractivity contribution in [1.82, 2.24) is 20.1 Å². The summed E-state index contributed by atoms with van der Waals surface area (Å²) in [5.74, 6) is 1.22. The lowest BCUT2D eigenvalue weighted by atomic mass is 10.1. The fourth-order valence-electron chi connectivity index (χ4n) is 1.88. The Bertz CT molecular complexity index is 737. The van der Waals surface area contributed by atoms with E-state index in [0.29, 0.717) is 11.7 Å². The zero-order chi connectivity index (χ0) is 14.1. The molecule has 0 fully saturated rings. The number of fused-ring (bicyclic) bond motifs is 1. The summed E-state index contributed by atoms with van der Waals surface area (Å²) in [6, 6.07) is 5.41. The van der Waals surface area contributed by atoms with Gasteiger partial charge < -0.3 is 10.3 Å². The van der Waals surface area contributed by atoms with Crippen LogP contribution in [-0.4, -0.2) is 20.1 Å². The van der Waals surface area contributed by atoms with Gasteiger partial charge in [-0.2, -0.15) is 4.98 Å². The van der Waals surface area contributed by atoms with Crippen molar-refractivity contribution >= 4 is 11.0 Å². The third-order valence-electron chi connectivity index (χ3n) is 3.17. The van der Waals surface area contributed by atoms with Crippen molar-refractivity contribution in [3.8, 4) is 11.5 Å². The van der Waals surface area contributed by atoms with Crippen LogP contribution in [-0.2, 0) is 0 Å². The number of benzene rings is 1. The summed E-state index contributed by atoms with van der Waals surface area (Å²) in [5, 5.41) is 3.95. The van der Waals surface area contributed by atoms with Gasteiger partial charge in [-0.3, -0.25) is 9.97 Å². The van der Waals surface area contributed by atoms with Gasteiger partial charge in [-0.15, -0.1) is 0 Å². The van der Waals surface area contributed by atoms with E-state index in [2.05, 4.69) is 20.1 Å². The molecule has 0 spiro atoms. The van der Waals surface area contributed by atoms with E-state index >= 15 is 0 Å². The van der Waals surface area contributed by atoms with E-state index in [0.717, 1.165) is 16.6 Å². The first-order valence-corrected chi connectivity index (χ1v) is 6.45. The quantitative estimate of drug-likeness (QED) is 0.784. The third kappa shape index (κ3) is 2.25. The van der Waals surface area contributed by atoms with Crippen molar-refractivity contribution in [2.24, 2.45) is 11.7 Å². The van der Waals surface area contributed by atoms with Crippen LogP contribution in [0.1, 0.15) is 25.7 Å². The lowest BCUT2D eigenvalue weighted by molar-refractivity contribution is 0.400. The molecule has 6 heteroatoms. The van der Waals surface area contributed by atoms with Crippen LogP contribution in [0.25, 0.3) is 22.5 Å². The monoisotopic (exact) mass is 269 g/mol. The zero-order valence-corrected chi connectivity index (χ0v) is 11.3. The van der Waals surface area contributed by atoms with E-state index in [-0.39, 0.29) is 12.0 Å². The molecule has 3 aromatic rings. The van der Waals surface area contributed by atoms with Gasteiger partial charge in [0.05, 0.1) is 17.1 Å². The van der Waals surface area contributed by atoms with Crippen LogP contribution in [0.5, 0.6) is 0 Å².